The van der Waals surface area contributed by atoms with E-state index in [1.54, 1.807) is 19.1 Å². The molecule has 1 aromatic rings. The van der Waals surface area contributed by atoms with Crippen LogP contribution in [-0.2, 0) is 22.4 Å². The molecule has 0 fully saturated rings. The van der Waals surface area contributed by atoms with Gasteiger partial charge in [-0.05, 0) is 25.0 Å². The van der Waals surface area contributed by atoms with Gasteiger partial charge in [0.2, 0.25) is 0 Å². The fourth-order valence-electron chi connectivity index (χ4n) is 1.55. The van der Waals surface area contributed by atoms with Crippen LogP contribution in [0.3, 0.4) is 0 Å². The van der Waals surface area contributed by atoms with Crippen LogP contribution < -0.4 is 0 Å². The maximum absolute atomic E-state index is 11.3. The molecule has 0 aliphatic heterocycles. The number of ether oxygens (including phenoxy) is 1. The van der Waals surface area contributed by atoms with Gasteiger partial charge < -0.3 is 9.84 Å². The number of aryl methyl sites for hydroxylation is 1. The Hall–Kier alpha value is -2.02. The number of phenolic OH excluding ortho intramolecular Hbond substituents is 1. The number of benzene rings is 1. The van der Waals surface area contributed by atoms with Gasteiger partial charge >= 0.3 is 5.97 Å². The zero-order valence-corrected chi connectivity index (χ0v) is 9.99. The minimum atomic E-state index is -0.403. The van der Waals surface area contributed by atoms with E-state index in [9.17, 15) is 9.90 Å². The first-order chi connectivity index (χ1) is 8.12. The minimum Gasteiger partial charge on any atom is -0.506 e. The van der Waals surface area contributed by atoms with Crippen LogP contribution in [0.15, 0.2) is 12.1 Å². The average Bonchev–Trinajstić information content (AvgIpc) is 2.32. The third-order valence-electron chi connectivity index (χ3n) is 2.42. The molecule has 0 bridgehead atoms. The molecule has 0 aromatic heterocycles. The van der Waals surface area contributed by atoms with E-state index in [4.69, 9.17) is 10.00 Å². The Bertz CT molecular complexity index is 460. The van der Waals surface area contributed by atoms with Crippen LogP contribution in [0, 0.1) is 11.3 Å². The summed E-state index contributed by atoms with van der Waals surface area (Å²) in [6.07, 6.45) is 0.729. The van der Waals surface area contributed by atoms with Crippen molar-refractivity contribution < 1.29 is 14.6 Å². The van der Waals surface area contributed by atoms with E-state index in [2.05, 4.69) is 0 Å². The Balaban J connectivity index is 3.06. The number of carbonyl (C=O) groups excluding carboxylic acids is 1. The van der Waals surface area contributed by atoms with Crippen molar-refractivity contribution in [1.82, 2.24) is 0 Å². The highest BCUT2D eigenvalue weighted by molar-refractivity contribution is 5.74. The van der Waals surface area contributed by atoms with Crippen molar-refractivity contribution in [2.75, 3.05) is 6.61 Å². The molecule has 90 valence electrons. The first-order valence-electron chi connectivity index (χ1n) is 5.52. The fraction of sp³-hybridized carbons (Fsp3) is 0.385. The standard InChI is InChI=1S/C13H15NO3/c1-3-9-5-10(7-12(15)17-4-2)13(16)11(6-9)8-14/h5-6,16H,3-4,7H2,1-2H3. The minimum absolute atomic E-state index is 0.0117. The van der Waals surface area contributed by atoms with Gasteiger partial charge in [0, 0.05) is 5.56 Å². The second kappa shape index (κ2) is 5.90. The number of aromatic hydroxyl groups is 1. The Morgan fingerprint density at radius 3 is 2.71 bits per heavy atom. The maximum atomic E-state index is 11.3. The van der Waals surface area contributed by atoms with Gasteiger partial charge in [-0.2, -0.15) is 5.26 Å². The molecule has 0 saturated carbocycles. The maximum Gasteiger partial charge on any atom is 0.310 e. The quantitative estimate of drug-likeness (QED) is 0.807. The Morgan fingerprint density at radius 2 is 2.18 bits per heavy atom. The Kier molecular flexibility index (Phi) is 4.53. The molecule has 0 saturated heterocycles. The van der Waals surface area contributed by atoms with Crippen LogP contribution in [0.4, 0.5) is 0 Å². The van der Waals surface area contributed by atoms with Gasteiger partial charge in [-0.1, -0.05) is 13.0 Å². The molecule has 0 atom stereocenters. The molecule has 0 unspecified atom stereocenters. The number of carbonyl (C=O) groups is 1. The highest BCUT2D eigenvalue weighted by Crippen LogP contribution is 2.25. The van der Waals surface area contributed by atoms with E-state index < -0.39 is 5.97 Å². The summed E-state index contributed by atoms with van der Waals surface area (Å²) in [7, 11) is 0. The zero-order valence-electron chi connectivity index (χ0n) is 9.99. The third-order valence-corrected chi connectivity index (χ3v) is 2.42. The van der Waals surface area contributed by atoms with Gasteiger partial charge in [0.15, 0.2) is 0 Å². The summed E-state index contributed by atoms with van der Waals surface area (Å²) < 4.78 is 4.81. The Morgan fingerprint density at radius 1 is 1.47 bits per heavy atom. The van der Waals surface area contributed by atoms with Crippen LogP contribution in [-0.4, -0.2) is 17.7 Å². The topological polar surface area (TPSA) is 70.3 Å². The van der Waals surface area contributed by atoms with E-state index in [1.165, 1.54) is 0 Å². The van der Waals surface area contributed by atoms with E-state index in [-0.39, 0.29) is 17.7 Å². The van der Waals surface area contributed by atoms with Crippen molar-refractivity contribution in [3.05, 3.63) is 28.8 Å². The van der Waals surface area contributed by atoms with Gasteiger partial charge in [-0.15, -0.1) is 0 Å². The largest absolute Gasteiger partial charge is 0.506 e. The van der Waals surface area contributed by atoms with Crippen molar-refractivity contribution in [3.63, 3.8) is 0 Å². The van der Waals surface area contributed by atoms with Crippen molar-refractivity contribution in [1.29, 1.82) is 5.26 Å². The lowest BCUT2D eigenvalue weighted by atomic mass is 10.0. The molecule has 4 heteroatoms. The van der Waals surface area contributed by atoms with Gasteiger partial charge in [0.25, 0.3) is 0 Å². The second-order valence-electron chi connectivity index (χ2n) is 3.60. The van der Waals surface area contributed by atoms with Crippen LogP contribution in [0.5, 0.6) is 5.75 Å². The van der Waals surface area contributed by atoms with Crippen molar-refractivity contribution in [3.8, 4) is 11.8 Å². The van der Waals surface area contributed by atoms with E-state index in [0.29, 0.717) is 12.2 Å². The number of nitriles is 1. The molecule has 4 nitrogen and oxygen atoms in total. The first-order valence-corrected chi connectivity index (χ1v) is 5.52. The molecule has 0 aliphatic rings. The fourth-order valence-corrected chi connectivity index (χ4v) is 1.55. The van der Waals surface area contributed by atoms with Gasteiger partial charge in [-0.25, -0.2) is 0 Å². The lowest BCUT2D eigenvalue weighted by Gasteiger charge is -2.08. The number of hydrogen-bond acceptors (Lipinski definition) is 4. The lowest BCUT2D eigenvalue weighted by Crippen LogP contribution is -2.08. The van der Waals surface area contributed by atoms with E-state index in [0.717, 1.165) is 12.0 Å². The van der Waals surface area contributed by atoms with Crippen LogP contribution >= 0.6 is 0 Å². The molecule has 1 rings (SSSR count). The summed E-state index contributed by atoms with van der Waals surface area (Å²) in [4.78, 5) is 11.3. The van der Waals surface area contributed by atoms with Crippen LogP contribution in [0.2, 0.25) is 0 Å². The lowest BCUT2D eigenvalue weighted by molar-refractivity contribution is -0.142. The van der Waals surface area contributed by atoms with Crippen molar-refractivity contribution in [2.24, 2.45) is 0 Å². The first kappa shape index (κ1) is 13.0. The average molecular weight is 233 g/mol. The molecule has 0 aliphatic carbocycles. The highest BCUT2D eigenvalue weighted by Gasteiger charge is 2.13. The predicted octanol–water partition coefficient (Wildman–Crippen LogP) is 1.93. The monoisotopic (exact) mass is 233 g/mol. The van der Waals surface area contributed by atoms with Crippen molar-refractivity contribution >= 4 is 5.97 Å². The van der Waals surface area contributed by atoms with E-state index in [1.807, 2.05) is 13.0 Å². The second-order valence-corrected chi connectivity index (χ2v) is 3.60. The number of esters is 1. The molecule has 1 aromatic carbocycles. The van der Waals surface area contributed by atoms with Gasteiger partial charge in [0.1, 0.15) is 11.8 Å². The SMILES string of the molecule is CCOC(=O)Cc1cc(CC)cc(C#N)c1O. The molecule has 0 spiro atoms. The molecule has 0 radical (unpaired) electrons. The smallest absolute Gasteiger partial charge is 0.310 e. The molecular weight excluding hydrogens is 218 g/mol. The van der Waals surface area contributed by atoms with Gasteiger partial charge in [-0.3, -0.25) is 4.79 Å². The van der Waals surface area contributed by atoms with Crippen LogP contribution in [0.25, 0.3) is 0 Å². The predicted molar refractivity (Wildman–Crippen MR) is 62.5 cm³/mol. The van der Waals surface area contributed by atoms with Crippen molar-refractivity contribution in [2.45, 2.75) is 26.7 Å². The summed E-state index contributed by atoms with van der Waals surface area (Å²) in [5.74, 6) is -0.530. The van der Waals surface area contributed by atoms with E-state index >= 15 is 0 Å². The number of nitrogens with zero attached hydrogens (tertiary/aromatic N) is 1. The molecular formula is C13H15NO3. The number of rotatable bonds is 4. The molecule has 0 amide bonds. The Labute approximate surface area is 100 Å². The summed E-state index contributed by atoms with van der Waals surface area (Å²) >= 11 is 0. The summed E-state index contributed by atoms with van der Waals surface area (Å²) in [6.45, 7) is 3.97. The number of phenols is 1. The molecule has 0 heterocycles. The van der Waals surface area contributed by atoms with Gasteiger partial charge in [0.05, 0.1) is 18.6 Å². The third kappa shape index (κ3) is 3.22. The molecule has 17 heavy (non-hydrogen) atoms. The molecule has 1 N–H and O–H groups in total. The zero-order chi connectivity index (χ0) is 12.8. The summed E-state index contributed by atoms with van der Waals surface area (Å²) in [6, 6.07) is 5.27. The number of hydrogen-bond donors (Lipinski definition) is 1. The normalized spacial score (nSPS) is 9.71. The highest BCUT2D eigenvalue weighted by atomic mass is 16.5. The van der Waals surface area contributed by atoms with Crippen LogP contribution in [0.1, 0.15) is 30.5 Å². The summed E-state index contributed by atoms with van der Waals surface area (Å²) in [5.41, 5.74) is 1.56. The summed E-state index contributed by atoms with van der Waals surface area (Å²) in [5, 5.41) is 18.7.